The summed E-state index contributed by atoms with van der Waals surface area (Å²) in [6.45, 7) is 11.4. The second kappa shape index (κ2) is 12.0. The Labute approximate surface area is 315 Å². The zero-order valence-electron chi connectivity index (χ0n) is 31.6. The van der Waals surface area contributed by atoms with Crippen LogP contribution in [0.1, 0.15) is 78.4 Å². The van der Waals surface area contributed by atoms with E-state index in [0.717, 1.165) is 64.1 Å². The number of likely N-dealkylation sites (tertiary alicyclic amines) is 2. The molecule has 4 N–H and O–H groups in total. The van der Waals surface area contributed by atoms with Crippen molar-refractivity contribution >= 4 is 28.8 Å². The number of pyridine rings is 1. The van der Waals surface area contributed by atoms with Crippen molar-refractivity contribution < 1.29 is 19.1 Å². The number of benzene rings is 2. The Morgan fingerprint density at radius 1 is 0.926 bits per heavy atom. The number of hydrogen-bond donors (Lipinski definition) is 3. The number of nitrogens with one attached hydrogen (secondary N) is 2. The third kappa shape index (κ3) is 6.09. The van der Waals surface area contributed by atoms with Gasteiger partial charge in [-0.05, 0) is 108 Å². The summed E-state index contributed by atoms with van der Waals surface area (Å²) < 4.78 is 11.5. The largest absolute Gasteiger partial charge is 0.444 e. The Morgan fingerprint density at radius 3 is 2.37 bits per heavy atom. The molecule has 2 saturated heterocycles. The first-order valence-corrected chi connectivity index (χ1v) is 18.9. The molecule has 54 heavy (non-hydrogen) atoms. The maximum absolute atomic E-state index is 13.2. The van der Waals surface area contributed by atoms with E-state index in [1.165, 1.54) is 0 Å². The SMILES string of the molecule is CC(C)(C)OC(=O)N1[C@@H]2C=C[C@@H]2C[C@H]1c1ncc(-c2ccc(-c3ccc4nc(/C(N)=C/NC5=CC56C[C@H]5C[C@H]5N6C(=O)OC(C)(C)C)ccc4c3)cc2)[nH]1. The molecule has 9 rings (SSSR count). The van der Waals surface area contributed by atoms with Crippen LogP contribution in [0.2, 0.25) is 0 Å². The number of amides is 2. The molecule has 6 atom stereocenters. The minimum Gasteiger partial charge on any atom is -0.444 e. The van der Waals surface area contributed by atoms with E-state index in [0.29, 0.717) is 23.2 Å². The van der Waals surface area contributed by atoms with Crippen molar-refractivity contribution in [2.75, 3.05) is 0 Å². The van der Waals surface area contributed by atoms with Gasteiger partial charge in [-0.15, -0.1) is 0 Å². The average molecular weight is 726 g/mol. The third-order valence-corrected chi connectivity index (χ3v) is 11.1. The third-order valence-electron chi connectivity index (χ3n) is 11.1. The van der Waals surface area contributed by atoms with Gasteiger partial charge in [0.2, 0.25) is 0 Å². The first-order valence-electron chi connectivity index (χ1n) is 18.9. The second-order valence-corrected chi connectivity index (χ2v) is 17.4. The minimum absolute atomic E-state index is 0.0486. The molecule has 4 heterocycles. The lowest BCUT2D eigenvalue weighted by Crippen LogP contribution is -2.46. The van der Waals surface area contributed by atoms with Crippen LogP contribution in [0.25, 0.3) is 39.0 Å². The van der Waals surface area contributed by atoms with E-state index >= 15 is 0 Å². The van der Waals surface area contributed by atoms with Gasteiger partial charge in [0.05, 0.1) is 40.9 Å². The van der Waals surface area contributed by atoms with Crippen LogP contribution < -0.4 is 11.1 Å². The number of carbonyl (C=O) groups is 2. The van der Waals surface area contributed by atoms with E-state index in [4.69, 9.17) is 25.2 Å². The molecule has 2 aliphatic heterocycles. The van der Waals surface area contributed by atoms with Crippen LogP contribution in [-0.2, 0) is 9.47 Å². The summed E-state index contributed by atoms with van der Waals surface area (Å²) in [5, 5.41) is 4.37. The predicted octanol–water partition coefficient (Wildman–Crippen LogP) is 8.04. The van der Waals surface area contributed by atoms with Gasteiger partial charge >= 0.3 is 12.2 Å². The zero-order valence-corrected chi connectivity index (χ0v) is 31.6. The number of H-pyrrole nitrogens is 1. The van der Waals surface area contributed by atoms with Crippen molar-refractivity contribution in [3.05, 3.63) is 102 Å². The van der Waals surface area contributed by atoms with Gasteiger partial charge in [0, 0.05) is 29.2 Å². The van der Waals surface area contributed by atoms with Gasteiger partial charge in [-0.1, -0.05) is 48.6 Å². The number of imidazole rings is 1. The van der Waals surface area contributed by atoms with Crippen LogP contribution in [0, 0.1) is 11.8 Å². The highest BCUT2D eigenvalue weighted by atomic mass is 16.6. The molecule has 11 nitrogen and oxygen atoms in total. The van der Waals surface area contributed by atoms with Crippen molar-refractivity contribution in [3.8, 4) is 22.4 Å². The number of aromatic nitrogens is 3. The maximum Gasteiger partial charge on any atom is 0.411 e. The molecule has 3 aliphatic carbocycles. The fourth-order valence-electron chi connectivity index (χ4n) is 8.37. The Kier molecular flexibility index (Phi) is 7.58. The van der Waals surface area contributed by atoms with Crippen LogP contribution in [0.3, 0.4) is 0 Å². The number of piperidine rings is 1. The maximum atomic E-state index is 13.2. The van der Waals surface area contributed by atoms with Crippen molar-refractivity contribution in [2.24, 2.45) is 17.6 Å². The van der Waals surface area contributed by atoms with E-state index in [1.807, 2.05) is 75.7 Å². The standard InChI is InChI=1S/C43H47N7O4/c1-41(2,3)53-39(51)49-34-16-13-28(34)18-36(49)38-46-23-33(48-38)25-9-7-24(8-10-25)26-11-14-31-27(17-26)12-15-32(47-31)30(44)22-45-37-21-43(37)20-29-19-35(29)50(43)40(52)54-42(4,5)6/h7-17,21-23,28-29,34-36,45H,18-20,44H2,1-6H3,(H,46,48)/b30-22-/t28-,29-,34-,35-,36+,43?/m1/s1. The lowest BCUT2D eigenvalue weighted by Gasteiger charge is -2.33. The lowest BCUT2D eigenvalue weighted by atomic mass is 9.89. The van der Waals surface area contributed by atoms with Crippen LogP contribution in [-0.4, -0.2) is 65.8 Å². The average Bonchev–Trinajstić information content (AvgIpc) is 3.82. The molecule has 11 heteroatoms. The van der Waals surface area contributed by atoms with E-state index in [-0.39, 0.29) is 30.3 Å². The number of nitrogens with two attached hydrogens (primary N) is 1. The van der Waals surface area contributed by atoms with Gasteiger partial charge in [-0.2, -0.15) is 0 Å². The molecule has 3 fully saturated rings. The number of nitrogens with zero attached hydrogens (tertiary/aromatic N) is 4. The molecular formula is C43H47N7O4. The topological polar surface area (TPSA) is 139 Å². The normalized spacial score (nSPS) is 26.7. The fraction of sp³-hybridized carbons (Fsp3) is 0.395. The highest BCUT2D eigenvalue weighted by Crippen LogP contribution is 2.61. The second-order valence-electron chi connectivity index (χ2n) is 17.4. The molecule has 1 saturated carbocycles. The highest BCUT2D eigenvalue weighted by Gasteiger charge is 2.68. The summed E-state index contributed by atoms with van der Waals surface area (Å²) in [5.74, 6) is 1.62. The van der Waals surface area contributed by atoms with Crippen molar-refractivity contribution in [1.29, 1.82) is 0 Å². The van der Waals surface area contributed by atoms with Crippen LogP contribution in [0.5, 0.6) is 0 Å². The molecule has 5 aliphatic rings. The number of hydrogen-bond acceptors (Lipinski definition) is 8. The highest BCUT2D eigenvalue weighted by molar-refractivity contribution is 5.86. The minimum atomic E-state index is -0.569. The molecule has 1 spiro atoms. The molecule has 2 aromatic carbocycles. The first kappa shape index (κ1) is 34.2. The van der Waals surface area contributed by atoms with E-state index in [2.05, 4.69) is 64.9 Å². The van der Waals surface area contributed by atoms with Crippen LogP contribution in [0.4, 0.5) is 9.59 Å². The smallest absolute Gasteiger partial charge is 0.411 e. The van der Waals surface area contributed by atoms with Crippen molar-refractivity contribution in [2.45, 2.75) is 95.7 Å². The molecule has 1 unspecified atom stereocenters. The van der Waals surface area contributed by atoms with E-state index < -0.39 is 16.7 Å². The Morgan fingerprint density at radius 2 is 1.65 bits per heavy atom. The number of rotatable bonds is 6. The molecule has 2 amide bonds. The summed E-state index contributed by atoms with van der Waals surface area (Å²) in [6, 6.07) is 18.7. The number of carbonyl (C=O) groups excluding carboxylic acids is 2. The number of aromatic amines is 1. The van der Waals surface area contributed by atoms with Gasteiger partial charge in [0.1, 0.15) is 22.6 Å². The van der Waals surface area contributed by atoms with E-state index in [9.17, 15) is 9.59 Å². The molecule has 278 valence electrons. The molecule has 0 bridgehead atoms. The van der Waals surface area contributed by atoms with E-state index in [1.54, 1.807) is 6.20 Å². The summed E-state index contributed by atoms with van der Waals surface area (Å²) in [4.78, 5) is 43.0. The van der Waals surface area contributed by atoms with Gasteiger partial charge in [-0.25, -0.2) is 19.6 Å². The Balaban J connectivity index is 0.858. The lowest BCUT2D eigenvalue weighted by molar-refractivity contribution is 0.0151. The van der Waals surface area contributed by atoms with Crippen LogP contribution >= 0.6 is 0 Å². The summed E-state index contributed by atoms with van der Waals surface area (Å²) in [7, 11) is 0. The quantitative estimate of drug-likeness (QED) is 0.170. The summed E-state index contributed by atoms with van der Waals surface area (Å²) in [6.07, 6.45) is 12.2. The molecule has 2 aromatic heterocycles. The van der Waals surface area contributed by atoms with Gasteiger partial charge in [-0.3, -0.25) is 9.80 Å². The Bertz CT molecular complexity index is 2280. The number of ether oxygens (including phenoxy) is 2. The van der Waals surface area contributed by atoms with Gasteiger partial charge < -0.3 is 25.5 Å². The predicted molar refractivity (Wildman–Crippen MR) is 207 cm³/mol. The fourth-order valence-corrected chi connectivity index (χ4v) is 8.37. The van der Waals surface area contributed by atoms with Crippen molar-refractivity contribution in [1.82, 2.24) is 30.1 Å². The van der Waals surface area contributed by atoms with Gasteiger partial charge in [0.15, 0.2) is 0 Å². The first-order chi connectivity index (χ1) is 25.7. The zero-order chi connectivity index (χ0) is 37.7. The monoisotopic (exact) mass is 725 g/mol. The summed E-state index contributed by atoms with van der Waals surface area (Å²) >= 11 is 0. The van der Waals surface area contributed by atoms with Gasteiger partial charge in [0.25, 0.3) is 0 Å². The van der Waals surface area contributed by atoms with Crippen LogP contribution in [0.15, 0.2) is 90.9 Å². The molecule has 0 radical (unpaired) electrons. The molecular weight excluding hydrogens is 679 g/mol. The molecule has 4 aromatic rings. The Hall–Kier alpha value is -5.58. The number of fused-ring (bicyclic) bond motifs is 3. The summed E-state index contributed by atoms with van der Waals surface area (Å²) in [5.41, 5.74) is 12.1. The van der Waals surface area contributed by atoms with Crippen molar-refractivity contribution in [3.63, 3.8) is 0 Å².